The van der Waals surface area contributed by atoms with Crippen LogP contribution in [-0.4, -0.2) is 26.1 Å². The van der Waals surface area contributed by atoms with Crippen LogP contribution in [0, 0.1) is 0 Å². The highest BCUT2D eigenvalue weighted by atomic mass is 19.4. The molecule has 0 aliphatic heterocycles. The molecule has 1 amide bonds. The van der Waals surface area contributed by atoms with E-state index in [0.29, 0.717) is 5.69 Å². The molecule has 0 atom stereocenters. The number of rotatable bonds is 3. The van der Waals surface area contributed by atoms with E-state index in [0.717, 1.165) is 0 Å². The number of amides is 1. The van der Waals surface area contributed by atoms with Crippen LogP contribution in [0.2, 0.25) is 0 Å². The third-order valence-corrected chi connectivity index (χ3v) is 2.04. The summed E-state index contributed by atoms with van der Waals surface area (Å²) >= 11 is 0. The van der Waals surface area contributed by atoms with Gasteiger partial charge in [-0.1, -0.05) is 0 Å². The Bertz CT molecular complexity index is 531. The summed E-state index contributed by atoms with van der Waals surface area (Å²) in [6.45, 7) is -0.166. The second kappa shape index (κ2) is 4.51. The van der Waals surface area contributed by atoms with Gasteiger partial charge in [0.2, 0.25) is 0 Å². The molecule has 2 aromatic heterocycles. The van der Waals surface area contributed by atoms with Crippen molar-refractivity contribution < 1.29 is 18.0 Å². The zero-order valence-electron chi connectivity index (χ0n) is 8.88. The van der Waals surface area contributed by atoms with E-state index in [2.05, 4.69) is 25.5 Å². The van der Waals surface area contributed by atoms with E-state index < -0.39 is 17.9 Å². The number of aromatic amines is 2. The van der Waals surface area contributed by atoms with Crippen molar-refractivity contribution in [1.29, 1.82) is 0 Å². The van der Waals surface area contributed by atoms with Crippen molar-refractivity contribution in [1.82, 2.24) is 25.5 Å². The van der Waals surface area contributed by atoms with Crippen LogP contribution in [-0.2, 0) is 12.7 Å². The van der Waals surface area contributed by atoms with Crippen molar-refractivity contribution in [2.45, 2.75) is 12.7 Å². The molecule has 2 rings (SSSR count). The van der Waals surface area contributed by atoms with Gasteiger partial charge in [-0.3, -0.25) is 9.89 Å². The van der Waals surface area contributed by atoms with Crippen molar-refractivity contribution in [3.63, 3.8) is 0 Å². The third-order valence-electron chi connectivity index (χ3n) is 2.04. The maximum absolute atomic E-state index is 12.2. The minimum Gasteiger partial charge on any atom is -0.357 e. The number of carbonyl (C=O) groups excluding carboxylic acids is 1. The number of halogens is 3. The zero-order valence-corrected chi connectivity index (χ0v) is 8.88. The van der Waals surface area contributed by atoms with Gasteiger partial charge in [0, 0.05) is 6.20 Å². The minimum absolute atomic E-state index is 0.0674. The fraction of sp³-hybridized carbons (Fsp3) is 0.222. The average Bonchev–Trinajstić information content (AvgIpc) is 2.96. The number of nitrogens with one attached hydrogen (secondary N) is 3. The molecule has 0 aliphatic rings. The number of aromatic nitrogens is 4. The predicted molar refractivity (Wildman–Crippen MR) is 53.3 cm³/mol. The molecule has 0 aromatic carbocycles. The van der Waals surface area contributed by atoms with E-state index in [9.17, 15) is 18.0 Å². The van der Waals surface area contributed by atoms with Gasteiger partial charge < -0.3 is 10.3 Å². The molecular weight excluding hydrogens is 251 g/mol. The van der Waals surface area contributed by atoms with Gasteiger partial charge in [-0.25, -0.2) is 4.98 Å². The Hall–Kier alpha value is -2.32. The normalized spacial score (nSPS) is 11.5. The Morgan fingerprint density at radius 3 is 2.78 bits per heavy atom. The molecule has 96 valence electrons. The molecular formula is C9H8F3N5O. The fourth-order valence-corrected chi connectivity index (χ4v) is 1.23. The SMILES string of the molecule is O=C(NCc1nc(C(F)(F)F)n[nH]1)c1ccc[nH]1. The lowest BCUT2D eigenvalue weighted by molar-refractivity contribution is -0.144. The summed E-state index contributed by atoms with van der Waals surface area (Å²) in [6.07, 6.45) is -3.04. The molecule has 0 spiro atoms. The second-order valence-electron chi connectivity index (χ2n) is 3.37. The maximum Gasteiger partial charge on any atom is 0.453 e. The van der Waals surface area contributed by atoms with Gasteiger partial charge in [0.25, 0.3) is 11.7 Å². The fourth-order valence-electron chi connectivity index (χ4n) is 1.23. The lowest BCUT2D eigenvalue weighted by atomic mass is 10.4. The summed E-state index contributed by atoms with van der Waals surface area (Å²) in [6, 6.07) is 3.17. The molecule has 9 heteroatoms. The van der Waals surface area contributed by atoms with Gasteiger partial charge in [-0.2, -0.15) is 13.2 Å². The van der Waals surface area contributed by atoms with Crippen LogP contribution in [0.4, 0.5) is 13.2 Å². The van der Waals surface area contributed by atoms with E-state index in [1.807, 2.05) is 0 Å². The molecule has 2 heterocycles. The van der Waals surface area contributed by atoms with E-state index in [4.69, 9.17) is 0 Å². The second-order valence-corrected chi connectivity index (χ2v) is 3.37. The quantitative estimate of drug-likeness (QED) is 0.770. The summed E-state index contributed by atoms with van der Waals surface area (Å²) < 4.78 is 36.6. The number of alkyl halides is 3. The largest absolute Gasteiger partial charge is 0.453 e. The molecule has 0 unspecified atom stereocenters. The highest BCUT2D eigenvalue weighted by Gasteiger charge is 2.35. The van der Waals surface area contributed by atoms with Crippen LogP contribution in [0.3, 0.4) is 0 Å². The molecule has 0 bridgehead atoms. The molecule has 0 aliphatic carbocycles. The number of nitrogens with zero attached hydrogens (tertiary/aromatic N) is 2. The van der Waals surface area contributed by atoms with E-state index in [-0.39, 0.29) is 12.4 Å². The number of hydrogen-bond donors (Lipinski definition) is 3. The Kier molecular flexibility index (Phi) is 3.04. The van der Waals surface area contributed by atoms with Gasteiger partial charge in [0.1, 0.15) is 11.5 Å². The Labute approximate surface area is 98.6 Å². The summed E-state index contributed by atoms with van der Waals surface area (Å²) in [4.78, 5) is 17.3. The summed E-state index contributed by atoms with van der Waals surface area (Å²) in [5, 5.41) is 7.51. The van der Waals surface area contributed by atoms with Crippen LogP contribution >= 0.6 is 0 Å². The molecule has 0 fully saturated rings. The lowest BCUT2D eigenvalue weighted by Gasteiger charge is -2.00. The van der Waals surface area contributed by atoms with Gasteiger partial charge in [-0.15, -0.1) is 5.10 Å². The van der Waals surface area contributed by atoms with Crippen LogP contribution < -0.4 is 5.32 Å². The van der Waals surface area contributed by atoms with Gasteiger partial charge in [-0.05, 0) is 12.1 Å². The van der Waals surface area contributed by atoms with E-state index in [1.54, 1.807) is 12.3 Å². The van der Waals surface area contributed by atoms with Crippen molar-refractivity contribution in [3.05, 3.63) is 35.7 Å². The first-order chi connectivity index (χ1) is 8.47. The monoisotopic (exact) mass is 259 g/mol. The lowest BCUT2D eigenvalue weighted by Crippen LogP contribution is -2.23. The standard InChI is InChI=1S/C9H8F3N5O/c10-9(11,12)8-15-6(16-17-8)4-14-7(18)5-2-1-3-13-5/h1-3,13H,4H2,(H,14,18)(H,15,16,17). The molecule has 3 N–H and O–H groups in total. The summed E-state index contributed by atoms with van der Waals surface area (Å²) in [5.41, 5.74) is 0.311. The highest BCUT2D eigenvalue weighted by Crippen LogP contribution is 2.25. The van der Waals surface area contributed by atoms with E-state index in [1.165, 1.54) is 6.07 Å². The minimum atomic E-state index is -4.60. The average molecular weight is 259 g/mol. The maximum atomic E-state index is 12.2. The number of hydrogen-bond acceptors (Lipinski definition) is 3. The first-order valence-corrected chi connectivity index (χ1v) is 4.87. The van der Waals surface area contributed by atoms with Crippen molar-refractivity contribution in [3.8, 4) is 0 Å². The van der Waals surface area contributed by atoms with E-state index >= 15 is 0 Å². The third kappa shape index (κ3) is 2.67. The predicted octanol–water partition coefficient (Wildman–Crippen LogP) is 1.08. The number of carbonyl (C=O) groups is 1. The van der Waals surface area contributed by atoms with Crippen LogP contribution in [0.5, 0.6) is 0 Å². The van der Waals surface area contributed by atoms with Gasteiger partial charge in [0.15, 0.2) is 0 Å². The molecule has 0 saturated carbocycles. The Balaban J connectivity index is 1.95. The number of H-pyrrole nitrogens is 2. The van der Waals surface area contributed by atoms with Crippen molar-refractivity contribution >= 4 is 5.91 Å². The summed E-state index contributed by atoms with van der Waals surface area (Å²) in [5.74, 6) is -1.76. The van der Waals surface area contributed by atoms with Crippen LogP contribution in [0.15, 0.2) is 18.3 Å². The van der Waals surface area contributed by atoms with Crippen molar-refractivity contribution in [2.75, 3.05) is 0 Å². The molecule has 18 heavy (non-hydrogen) atoms. The molecule has 6 nitrogen and oxygen atoms in total. The molecule has 2 aromatic rings. The molecule has 0 radical (unpaired) electrons. The smallest absolute Gasteiger partial charge is 0.357 e. The topological polar surface area (TPSA) is 86.5 Å². The Morgan fingerprint density at radius 2 is 2.22 bits per heavy atom. The van der Waals surface area contributed by atoms with Crippen molar-refractivity contribution in [2.24, 2.45) is 0 Å². The van der Waals surface area contributed by atoms with Crippen LogP contribution in [0.1, 0.15) is 22.1 Å². The highest BCUT2D eigenvalue weighted by molar-refractivity contribution is 5.92. The first kappa shape index (κ1) is 12.1. The summed E-state index contributed by atoms with van der Waals surface area (Å²) in [7, 11) is 0. The first-order valence-electron chi connectivity index (χ1n) is 4.87. The zero-order chi connectivity index (χ0) is 13.2. The van der Waals surface area contributed by atoms with Gasteiger partial charge >= 0.3 is 6.18 Å². The molecule has 0 saturated heterocycles. The Morgan fingerprint density at radius 1 is 1.44 bits per heavy atom. The van der Waals surface area contributed by atoms with Crippen LogP contribution in [0.25, 0.3) is 0 Å². The van der Waals surface area contributed by atoms with Gasteiger partial charge in [0.05, 0.1) is 6.54 Å².